The Hall–Kier alpha value is -2.73. The van der Waals surface area contributed by atoms with Crippen molar-refractivity contribution < 1.29 is 9.53 Å². The summed E-state index contributed by atoms with van der Waals surface area (Å²) in [5.74, 6) is 0.123. The minimum absolute atomic E-state index is 0.123. The average Bonchev–Trinajstić information content (AvgIpc) is 3.17. The van der Waals surface area contributed by atoms with Crippen LogP contribution in [0.25, 0.3) is 22.0 Å². The Morgan fingerprint density at radius 3 is 2.87 bits per heavy atom. The summed E-state index contributed by atoms with van der Waals surface area (Å²) in [4.78, 5) is 18.7. The molecule has 6 heteroatoms. The first-order valence-electron chi connectivity index (χ1n) is 11.0. The number of nitrogens with zero attached hydrogens (tertiary/aromatic N) is 4. The molecule has 1 aromatic carbocycles. The number of pyridine rings is 1. The first-order chi connectivity index (χ1) is 14.7. The maximum atomic E-state index is 12.1. The van der Waals surface area contributed by atoms with E-state index in [1.54, 1.807) is 6.92 Å². The quantitative estimate of drug-likeness (QED) is 0.664. The third kappa shape index (κ3) is 3.29. The lowest BCUT2D eigenvalue weighted by molar-refractivity contribution is -0.129. The smallest absolute Gasteiger partial charge is 0.219 e. The van der Waals surface area contributed by atoms with Crippen LogP contribution in [-0.2, 0) is 28.9 Å². The van der Waals surface area contributed by atoms with Crippen LogP contribution in [-0.4, -0.2) is 45.3 Å². The minimum Gasteiger partial charge on any atom is -0.381 e. The summed E-state index contributed by atoms with van der Waals surface area (Å²) in [7, 11) is 0. The summed E-state index contributed by atoms with van der Waals surface area (Å²) in [6.07, 6.45) is 5.72. The van der Waals surface area contributed by atoms with Crippen LogP contribution in [0, 0.1) is 0 Å². The van der Waals surface area contributed by atoms with Gasteiger partial charge in [-0.05, 0) is 30.7 Å². The molecule has 0 atom stereocenters. The van der Waals surface area contributed by atoms with Gasteiger partial charge in [0, 0.05) is 73.7 Å². The summed E-state index contributed by atoms with van der Waals surface area (Å²) < 4.78 is 7.83. The lowest BCUT2D eigenvalue weighted by atomic mass is 9.97. The molecule has 0 spiro atoms. The molecule has 5 rings (SSSR count). The van der Waals surface area contributed by atoms with Crippen molar-refractivity contribution >= 4 is 16.7 Å². The maximum Gasteiger partial charge on any atom is 0.219 e. The topological polar surface area (TPSA) is 60.2 Å². The zero-order chi connectivity index (χ0) is 20.7. The number of aryl methyl sites for hydroxylation is 1. The van der Waals surface area contributed by atoms with Crippen molar-refractivity contribution in [2.24, 2.45) is 0 Å². The Labute approximate surface area is 176 Å². The molecule has 2 aliphatic rings. The molecule has 6 nitrogen and oxygen atoms in total. The lowest BCUT2D eigenvalue weighted by Gasteiger charge is -2.29. The normalized spacial score (nSPS) is 17.3. The van der Waals surface area contributed by atoms with Crippen LogP contribution in [0.3, 0.4) is 0 Å². The van der Waals surface area contributed by atoms with Gasteiger partial charge in [-0.3, -0.25) is 14.5 Å². The van der Waals surface area contributed by atoms with Crippen molar-refractivity contribution in [3.05, 3.63) is 47.4 Å². The molecule has 0 aliphatic carbocycles. The fourth-order valence-corrected chi connectivity index (χ4v) is 4.78. The highest BCUT2D eigenvalue weighted by atomic mass is 16.5. The van der Waals surface area contributed by atoms with Crippen molar-refractivity contribution in [2.75, 3.05) is 19.8 Å². The van der Waals surface area contributed by atoms with E-state index in [9.17, 15) is 4.79 Å². The van der Waals surface area contributed by atoms with Crippen molar-refractivity contribution in [1.82, 2.24) is 19.7 Å². The van der Waals surface area contributed by atoms with Crippen LogP contribution in [0.5, 0.6) is 0 Å². The predicted octanol–water partition coefficient (Wildman–Crippen LogP) is 3.92. The molecule has 4 heterocycles. The summed E-state index contributed by atoms with van der Waals surface area (Å²) in [6.45, 7) is 6.73. The monoisotopic (exact) mass is 404 g/mol. The van der Waals surface area contributed by atoms with Gasteiger partial charge >= 0.3 is 0 Å². The number of ether oxygens (including phenoxy) is 1. The first-order valence-corrected chi connectivity index (χ1v) is 11.0. The van der Waals surface area contributed by atoms with E-state index >= 15 is 0 Å². The van der Waals surface area contributed by atoms with Gasteiger partial charge in [0.15, 0.2) is 0 Å². The Balaban J connectivity index is 1.67. The van der Waals surface area contributed by atoms with E-state index in [-0.39, 0.29) is 5.91 Å². The molecule has 156 valence electrons. The molecule has 0 N–H and O–H groups in total. The summed E-state index contributed by atoms with van der Waals surface area (Å²) in [6, 6.07) is 8.92. The molecule has 0 radical (unpaired) electrons. The second kappa shape index (κ2) is 7.84. The number of amides is 1. The number of aromatic nitrogens is 3. The molecule has 3 aromatic rings. The molecule has 30 heavy (non-hydrogen) atoms. The minimum atomic E-state index is 0.123. The third-order valence-corrected chi connectivity index (χ3v) is 6.51. The Bertz CT molecular complexity index is 1100. The largest absolute Gasteiger partial charge is 0.381 e. The molecule has 1 fully saturated rings. The maximum absolute atomic E-state index is 12.1. The highest BCUT2D eigenvalue weighted by Gasteiger charge is 2.30. The van der Waals surface area contributed by atoms with Crippen molar-refractivity contribution in [2.45, 2.75) is 52.1 Å². The number of fused-ring (bicyclic) bond motifs is 2. The number of carbonyl (C=O) groups is 1. The molecule has 0 saturated carbocycles. The van der Waals surface area contributed by atoms with Crippen LogP contribution in [0.1, 0.15) is 49.7 Å². The zero-order valence-corrected chi connectivity index (χ0v) is 17.7. The summed E-state index contributed by atoms with van der Waals surface area (Å²) >= 11 is 0. The van der Waals surface area contributed by atoms with E-state index in [1.165, 1.54) is 16.6 Å². The van der Waals surface area contributed by atoms with E-state index in [4.69, 9.17) is 9.84 Å². The van der Waals surface area contributed by atoms with Crippen molar-refractivity contribution in [3.63, 3.8) is 0 Å². The molecule has 1 amide bonds. The van der Waals surface area contributed by atoms with Crippen LogP contribution in [0.15, 0.2) is 30.5 Å². The highest BCUT2D eigenvalue weighted by Crippen LogP contribution is 2.37. The predicted molar refractivity (Wildman–Crippen MR) is 116 cm³/mol. The van der Waals surface area contributed by atoms with Crippen molar-refractivity contribution in [1.29, 1.82) is 0 Å². The van der Waals surface area contributed by atoms with E-state index in [0.29, 0.717) is 12.6 Å². The van der Waals surface area contributed by atoms with E-state index in [1.807, 2.05) is 11.1 Å². The van der Waals surface area contributed by atoms with Gasteiger partial charge in [-0.25, -0.2) is 0 Å². The summed E-state index contributed by atoms with van der Waals surface area (Å²) in [5, 5.41) is 7.48. The summed E-state index contributed by atoms with van der Waals surface area (Å²) in [5.41, 5.74) is 5.67. The van der Waals surface area contributed by atoms with E-state index in [0.717, 1.165) is 67.8 Å². The molecule has 0 bridgehead atoms. The van der Waals surface area contributed by atoms with Gasteiger partial charge in [0.1, 0.15) is 0 Å². The molecule has 1 saturated heterocycles. The number of hydrogen-bond acceptors (Lipinski definition) is 4. The highest BCUT2D eigenvalue weighted by molar-refractivity contribution is 5.96. The molecule has 0 unspecified atom stereocenters. The first kappa shape index (κ1) is 19.2. The van der Waals surface area contributed by atoms with Crippen molar-refractivity contribution in [3.8, 4) is 11.3 Å². The lowest BCUT2D eigenvalue weighted by Crippen LogP contribution is -2.35. The van der Waals surface area contributed by atoms with Gasteiger partial charge in [0.05, 0.1) is 11.7 Å². The second-order valence-corrected chi connectivity index (χ2v) is 8.31. The van der Waals surface area contributed by atoms with Gasteiger partial charge in [0.2, 0.25) is 5.91 Å². The van der Waals surface area contributed by atoms with Gasteiger partial charge in [0.25, 0.3) is 0 Å². The molecule has 2 aliphatic heterocycles. The third-order valence-electron chi connectivity index (χ3n) is 6.51. The molecular weight excluding hydrogens is 376 g/mol. The molecule has 2 aromatic heterocycles. The fraction of sp³-hybridized carbons (Fsp3) is 0.458. The van der Waals surface area contributed by atoms with Crippen LogP contribution in [0.4, 0.5) is 0 Å². The Morgan fingerprint density at radius 2 is 2.10 bits per heavy atom. The fourth-order valence-electron chi connectivity index (χ4n) is 4.78. The van der Waals surface area contributed by atoms with E-state index in [2.05, 4.69) is 40.9 Å². The van der Waals surface area contributed by atoms with Crippen LogP contribution < -0.4 is 0 Å². The number of rotatable bonds is 3. The van der Waals surface area contributed by atoms with Gasteiger partial charge in [-0.2, -0.15) is 5.10 Å². The second-order valence-electron chi connectivity index (χ2n) is 8.31. The van der Waals surface area contributed by atoms with Crippen LogP contribution in [0.2, 0.25) is 0 Å². The van der Waals surface area contributed by atoms with Gasteiger partial charge in [-0.15, -0.1) is 0 Å². The van der Waals surface area contributed by atoms with Gasteiger partial charge in [-0.1, -0.05) is 25.1 Å². The standard InChI is InChI=1S/C24H28N4O2/c1-3-18-13-17-5-4-6-20(21(17)14-25-18)24-22-15-27(16(2)29)10-7-23(22)28(26-24)19-8-11-30-12-9-19/h4-6,13-14,19H,3,7-12,15H2,1-2H3. The SMILES string of the molecule is CCc1cc2cccc(-c3nn(C4CCOCC4)c4c3CN(C(C)=O)CC4)c2cn1. The zero-order valence-electron chi connectivity index (χ0n) is 17.7. The molecular formula is C24H28N4O2. The van der Waals surface area contributed by atoms with Crippen LogP contribution >= 0.6 is 0 Å². The number of carbonyl (C=O) groups excluding carboxylic acids is 1. The number of benzene rings is 1. The number of hydrogen-bond donors (Lipinski definition) is 0. The Kier molecular flexibility index (Phi) is 5.03. The Morgan fingerprint density at radius 1 is 1.27 bits per heavy atom. The van der Waals surface area contributed by atoms with E-state index < -0.39 is 0 Å². The average molecular weight is 405 g/mol. The van der Waals surface area contributed by atoms with Gasteiger partial charge < -0.3 is 9.64 Å².